The largest absolute Gasteiger partial charge is 0.459 e. The number of hydrogen-bond donors (Lipinski definition) is 4. The summed E-state index contributed by atoms with van der Waals surface area (Å²) in [6.45, 7) is 6.41. The fourth-order valence-corrected chi connectivity index (χ4v) is 4.76. The van der Waals surface area contributed by atoms with Crippen molar-refractivity contribution in [2.45, 2.75) is 57.8 Å². The minimum absolute atomic E-state index is 0.163. The van der Waals surface area contributed by atoms with E-state index < -0.39 is 11.6 Å². The number of aromatic nitrogens is 2. The lowest BCUT2D eigenvalue weighted by atomic mass is 9.98. The third-order valence-corrected chi connectivity index (χ3v) is 6.85. The van der Waals surface area contributed by atoms with Gasteiger partial charge in [0.2, 0.25) is 0 Å². The predicted octanol–water partition coefficient (Wildman–Crippen LogP) is 4.84. The zero-order valence-corrected chi connectivity index (χ0v) is 23.6. The highest BCUT2D eigenvalue weighted by molar-refractivity contribution is 6.36. The molecule has 4 rings (SSSR count). The summed E-state index contributed by atoms with van der Waals surface area (Å²) in [5.41, 5.74) is 7.91. The molecule has 11 heteroatoms. The molecule has 1 aromatic heterocycles. The Morgan fingerprint density at radius 1 is 1.15 bits per heavy atom. The Morgan fingerprint density at radius 3 is 2.59 bits per heavy atom. The summed E-state index contributed by atoms with van der Waals surface area (Å²) in [6.07, 6.45) is 2.71. The van der Waals surface area contributed by atoms with Crippen molar-refractivity contribution in [1.82, 2.24) is 20.6 Å². The average molecular weight is 572 g/mol. The highest BCUT2D eigenvalue weighted by atomic mass is 35.5. The molecule has 0 radical (unpaired) electrons. The lowest BCUT2D eigenvalue weighted by molar-refractivity contribution is -0.158. The third-order valence-electron chi connectivity index (χ3n) is 6.15. The number of benzene rings is 2. The molecule has 0 aliphatic carbocycles. The molecular formula is C28H32Cl2N6O3. The normalized spacial score (nSPS) is 17.4. The molecule has 39 heavy (non-hydrogen) atoms. The second-order valence-corrected chi connectivity index (χ2v) is 11.2. The van der Waals surface area contributed by atoms with Crippen LogP contribution in [0.4, 0.5) is 11.6 Å². The molecule has 1 aliphatic rings. The number of amides is 1. The highest BCUT2D eigenvalue weighted by Gasteiger charge is 2.31. The summed E-state index contributed by atoms with van der Waals surface area (Å²) in [7, 11) is 0. The molecule has 5 N–H and O–H groups in total. The molecule has 2 heterocycles. The second-order valence-electron chi connectivity index (χ2n) is 10.4. The highest BCUT2D eigenvalue weighted by Crippen LogP contribution is 2.27. The Morgan fingerprint density at radius 2 is 1.87 bits per heavy atom. The van der Waals surface area contributed by atoms with Gasteiger partial charge in [-0.25, -0.2) is 9.97 Å². The summed E-state index contributed by atoms with van der Waals surface area (Å²) in [4.78, 5) is 34.5. The lowest BCUT2D eigenvalue weighted by Crippen LogP contribution is -2.52. The summed E-state index contributed by atoms with van der Waals surface area (Å²) in [6, 6.07) is 11.8. The molecule has 0 spiro atoms. The van der Waals surface area contributed by atoms with Crippen LogP contribution < -0.4 is 21.7 Å². The van der Waals surface area contributed by atoms with Crippen molar-refractivity contribution >= 4 is 46.7 Å². The SMILES string of the molecule is CC(C)(C)OC(=O)C1CC(NC(=O)c2cccc(-c3cnc(N)c(NCc4c(Cl)cccc4Cl)n3)c2)CCN1. The molecule has 1 fully saturated rings. The number of nitrogen functional groups attached to an aromatic ring is 1. The number of rotatable bonds is 7. The van der Waals surface area contributed by atoms with Crippen LogP contribution in [-0.4, -0.2) is 46.1 Å². The van der Waals surface area contributed by atoms with E-state index in [0.717, 1.165) is 5.56 Å². The molecule has 206 valence electrons. The van der Waals surface area contributed by atoms with Gasteiger partial charge in [-0.15, -0.1) is 0 Å². The second kappa shape index (κ2) is 12.2. The Hall–Kier alpha value is -3.40. The fraction of sp³-hybridized carbons (Fsp3) is 0.357. The van der Waals surface area contributed by atoms with Gasteiger partial charge < -0.3 is 26.4 Å². The first-order chi connectivity index (χ1) is 18.5. The van der Waals surface area contributed by atoms with Crippen LogP contribution in [0.3, 0.4) is 0 Å². The van der Waals surface area contributed by atoms with E-state index in [1.807, 2.05) is 26.8 Å². The van der Waals surface area contributed by atoms with Crippen LogP contribution in [0.5, 0.6) is 0 Å². The first-order valence-electron chi connectivity index (χ1n) is 12.7. The van der Waals surface area contributed by atoms with Crippen LogP contribution in [0.2, 0.25) is 10.0 Å². The molecule has 1 aliphatic heterocycles. The number of hydrogen-bond acceptors (Lipinski definition) is 8. The van der Waals surface area contributed by atoms with Crippen molar-refractivity contribution < 1.29 is 14.3 Å². The standard InChI is InChI=1S/C28H32Cl2N6O3/c1-28(2,3)39-27(38)22-13-18(10-11-32-22)35-26(37)17-7-4-6-16(12-17)23-15-33-24(31)25(36-23)34-14-19-20(29)8-5-9-21(19)30/h4-9,12,15,18,22,32H,10-11,13-14H2,1-3H3,(H2,31,33)(H,34,36)(H,35,37). The number of carbonyl (C=O) groups excluding carboxylic acids is 2. The van der Waals surface area contributed by atoms with E-state index >= 15 is 0 Å². The molecule has 2 atom stereocenters. The van der Waals surface area contributed by atoms with Crippen LogP contribution >= 0.6 is 23.2 Å². The summed E-state index contributed by atoms with van der Waals surface area (Å²) >= 11 is 12.5. The quantitative estimate of drug-likeness (QED) is 0.297. The van der Waals surface area contributed by atoms with E-state index in [2.05, 4.69) is 25.9 Å². The van der Waals surface area contributed by atoms with Gasteiger partial charge >= 0.3 is 5.97 Å². The number of halogens is 2. The molecular weight excluding hydrogens is 539 g/mol. The smallest absolute Gasteiger partial charge is 0.323 e. The number of ether oxygens (including phenoxy) is 1. The van der Waals surface area contributed by atoms with Gasteiger partial charge in [0.15, 0.2) is 11.6 Å². The summed E-state index contributed by atoms with van der Waals surface area (Å²) < 4.78 is 5.50. The van der Waals surface area contributed by atoms with Crippen LogP contribution in [0, 0.1) is 0 Å². The molecule has 1 saturated heterocycles. The van der Waals surface area contributed by atoms with Gasteiger partial charge in [0, 0.05) is 39.3 Å². The first kappa shape index (κ1) is 28.6. The summed E-state index contributed by atoms with van der Waals surface area (Å²) in [5, 5.41) is 10.4. The van der Waals surface area contributed by atoms with Crippen molar-refractivity contribution in [2.75, 3.05) is 17.6 Å². The molecule has 0 saturated carbocycles. The number of anilines is 2. The Labute approximate surface area is 237 Å². The van der Waals surface area contributed by atoms with Gasteiger partial charge in [-0.1, -0.05) is 41.4 Å². The number of carbonyl (C=O) groups is 2. The van der Waals surface area contributed by atoms with Crippen LogP contribution in [-0.2, 0) is 16.1 Å². The maximum Gasteiger partial charge on any atom is 0.323 e. The van der Waals surface area contributed by atoms with Gasteiger partial charge in [0.05, 0.1) is 11.9 Å². The first-order valence-corrected chi connectivity index (χ1v) is 13.4. The number of esters is 1. The van der Waals surface area contributed by atoms with Crippen molar-refractivity contribution in [1.29, 1.82) is 0 Å². The van der Waals surface area contributed by atoms with Crippen LogP contribution in [0.15, 0.2) is 48.7 Å². The maximum absolute atomic E-state index is 13.1. The van der Waals surface area contributed by atoms with E-state index in [-0.39, 0.29) is 23.7 Å². The van der Waals surface area contributed by atoms with Crippen molar-refractivity contribution in [3.63, 3.8) is 0 Å². The predicted molar refractivity (Wildman–Crippen MR) is 154 cm³/mol. The van der Waals surface area contributed by atoms with Crippen LogP contribution in [0.25, 0.3) is 11.3 Å². The van der Waals surface area contributed by atoms with Gasteiger partial charge in [-0.05, 0) is 64.4 Å². The minimum atomic E-state index is -0.572. The van der Waals surface area contributed by atoms with Crippen LogP contribution in [0.1, 0.15) is 49.5 Å². The zero-order chi connectivity index (χ0) is 28.2. The van der Waals surface area contributed by atoms with E-state index in [1.54, 1.807) is 42.6 Å². The van der Waals surface area contributed by atoms with Gasteiger partial charge in [-0.3, -0.25) is 9.59 Å². The third kappa shape index (κ3) is 7.59. The Bertz CT molecular complexity index is 1340. The van der Waals surface area contributed by atoms with E-state index in [4.69, 9.17) is 33.7 Å². The number of nitrogens with two attached hydrogens (primary N) is 1. The number of nitrogens with zero attached hydrogens (tertiary/aromatic N) is 2. The number of piperidine rings is 1. The Balaban J connectivity index is 1.44. The molecule has 2 aromatic carbocycles. The van der Waals surface area contributed by atoms with Crippen molar-refractivity contribution in [3.05, 3.63) is 69.8 Å². The van der Waals surface area contributed by atoms with Crippen molar-refractivity contribution in [2.24, 2.45) is 0 Å². The topological polar surface area (TPSA) is 131 Å². The Kier molecular flexibility index (Phi) is 8.94. The summed E-state index contributed by atoms with van der Waals surface area (Å²) in [5.74, 6) is 0.0518. The monoisotopic (exact) mass is 570 g/mol. The fourth-order valence-electron chi connectivity index (χ4n) is 4.23. The van der Waals surface area contributed by atoms with Gasteiger partial charge in [0.25, 0.3) is 5.91 Å². The number of nitrogens with one attached hydrogen (secondary N) is 3. The van der Waals surface area contributed by atoms with E-state index in [9.17, 15) is 9.59 Å². The lowest BCUT2D eigenvalue weighted by Gasteiger charge is -2.31. The average Bonchev–Trinajstić information content (AvgIpc) is 2.88. The zero-order valence-electron chi connectivity index (χ0n) is 22.1. The molecule has 2 unspecified atom stereocenters. The van der Waals surface area contributed by atoms with Gasteiger partial charge in [-0.2, -0.15) is 0 Å². The van der Waals surface area contributed by atoms with Gasteiger partial charge in [0.1, 0.15) is 11.6 Å². The molecule has 0 bridgehead atoms. The van der Waals surface area contributed by atoms with E-state index in [1.165, 1.54) is 0 Å². The molecule has 9 nitrogen and oxygen atoms in total. The minimum Gasteiger partial charge on any atom is -0.459 e. The molecule has 1 amide bonds. The maximum atomic E-state index is 13.1. The van der Waals surface area contributed by atoms with Crippen molar-refractivity contribution in [3.8, 4) is 11.3 Å². The van der Waals surface area contributed by atoms with E-state index in [0.29, 0.717) is 58.6 Å². The molecule has 3 aromatic rings.